The SMILES string of the molecule is Cc1cc(OCC2CCCO2)cc(C)c1-c1cccc(COc2ccc(C3(CC(=O)O)COC3)cc2)c1. The first-order valence-electron chi connectivity index (χ1n) is 12.9. The number of rotatable bonds is 10. The molecule has 2 aliphatic rings. The van der Waals surface area contributed by atoms with Gasteiger partial charge in [-0.1, -0.05) is 30.3 Å². The predicted molar refractivity (Wildman–Crippen MR) is 141 cm³/mol. The van der Waals surface area contributed by atoms with E-state index in [0.29, 0.717) is 26.4 Å². The smallest absolute Gasteiger partial charge is 0.304 e. The third-order valence-corrected chi connectivity index (χ3v) is 7.30. The standard InChI is InChI=1S/C31H34O6/c1-21-13-28(37-18-27-7-4-12-35-27)14-22(2)30(21)24-6-3-5-23(15-24)17-36-26-10-8-25(9-11-26)31(16-29(32)33)19-34-20-31/h3,5-6,8-11,13-15,27H,4,7,12,16-20H2,1-2H3,(H,32,33). The van der Waals surface area contributed by atoms with Gasteiger partial charge < -0.3 is 24.1 Å². The largest absolute Gasteiger partial charge is 0.491 e. The van der Waals surface area contributed by atoms with Crippen LogP contribution in [-0.2, 0) is 26.3 Å². The highest BCUT2D eigenvalue weighted by molar-refractivity contribution is 5.72. The third-order valence-electron chi connectivity index (χ3n) is 7.30. The highest BCUT2D eigenvalue weighted by Crippen LogP contribution is 2.37. The molecule has 2 saturated heterocycles. The zero-order valence-electron chi connectivity index (χ0n) is 21.5. The van der Waals surface area contributed by atoms with Crippen LogP contribution < -0.4 is 9.47 Å². The van der Waals surface area contributed by atoms with Gasteiger partial charge in [0.15, 0.2) is 0 Å². The minimum Gasteiger partial charge on any atom is -0.491 e. The van der Waals surface area contributed by atoms with Crippen molar-refractivity contribution in [3.8, 4) is 22.6 Å². The molecule has 3 aromatic carbocycles. The van der Waals surface area contributed by atoms with Crippen LogP contribution in [0.3, 0.4) is 0 Å². The van der Waals surface area contributed by atoms with Crippen molar-refractivity contribution in [2.24, 2.45) is 0 Å². The van der Waals surface area contributed by atoms with Crippen molar-refractivity contribution in [2.75, 3.05) is 26.4 Å². The number of aliphatic carboxylic acids is 1. The summed E-state index contributed by atoms with van der Waals surface area (Å²) in [4.78, 5) is 11.3. The van der Waals surface area contributed by atoms with Crippen LogP contribution in [0.4, 0.5) is 0 Å². The van der Waals surface area contributed by atoms with E-state index in [1.54, 1.807) is 0 Å². The number of hydrogen-bond donors (Lipinski definition) is 1. The average molecular weight is 503 g/mol. The Hall–Kier alpha value is -3.35. The zero-order valence-corrected chi connectivity index (χ0v) is 21.5. The summed E-state index contributed by atoms with van der Waals surface area (Å²) in [5, 5.41) is 9.27. The molecular formula is C31H34O6. The van der Waals surface area contributed by atoms with Crippen LogP contribution >= 0.6 is 0 Å². The van der Waals surface area contributed by atoms with Gasteiger partial charge in [-0.2, -0.15) is 0 Å². The number of aryl methyl sites for hydroxylation is 2. The molecule has 1 atom stereocenters. The highest BCUT2D eigenvalue weighted by atomic mass is 16.5. The fourth-order valence-corrected chi connectivity index (χ4v) is 5.32. The second kappa shape index (κ2) is 11.0. The van der Waals surface area contributed by atoms with Crippen LogP contribution in [0.15, 0.2) is 60.7 Å². The van der Waals surface area contributed by atoms with E-state index < -0.39 is 11.4 Å². The predicted octanol–water partition coefficient (Wildman–Crippen LogP) is 5.85. The number of benzene rings is 3. The average Bonchev–Trinajstić information content (AvgIpc) is 3.38. The number of hydrogen-bond acceptors (Lipinski definition) is 5. The minimum absolute atomic E-state index is 0.0703. The van der Waals surface area contributed by atoms with Gasteiger partial charge >= 0.3 is 5.97 Å². The maximum Gasteiger partial charge on any atom is 0.304 e. The first kappa shape index (κ1) is 25.3. The van der Waals surface area contributed by atoms with Gasteiger partial charge in [0.2, 0.25) is 0 Å². The lowest BCUT2D eigenvalue weighted by atomic mass is 9.76. The van der Waals surface area contributed by atoms with Gasteiger partial charge in [0, 0.05) is 6.61 Å². The van der Waals surface area contributed by atoms with Gasteiger partial charge in [-0.05, 0) is 90.4 Å². The van der Waals surface area contributed by atoms with Gasteiger partial charge in [0.05, 0.1) is 31.2 Å². The molecule has 2 aliphatic heterocycles. The highest BCUT2D eigenvalue weighted by Gasteiger charge is 2.42. The molecule has 0 saturated carbocycles. The molecule has 1 N–H and O–H groups in total. The molecule has 0 spiro atoms. The molecule has 0 aromatic heterocycles. The summed E-state index contributed by atoms with van der Waals surface area (Å²) in [6.45, 7) is 6.99. The lowest BCUT2D eigenvalue weighted by molar-refractivity contribution is -0.145. The molecule has 0 amide bonds. The monoisotopic (exact) mass is 502 g/mol. The molecule has 5 rings (SSSR count). The van der Waals surface area contributed by atoms with Crippen LogP contribution in [0.5, 0.6) is 11.5 Å². The Bertz CT molecular complexity index is 1220. The Morgan fingerprint density at radius 1 is 1.00 bits per heavy atom. The van der Waals surface area contributed by atoms with Crippen molar-refractivity contribution < 1.29 is 28.8 Å². The Kier molecular flexibility index (Phi) is 7.49. The summed E-state index contributed by atoms with van der Waals surface area (Å²) in [5.41, 5.74) is 6.33. The van der Waals surface area contributed by atoms with Crippen molar-refractivity contribution in [1.29, 1.82) is 0 Å². The van der Waals surface area contributed by atoms with E-state index in [9.17, 15) is 9.90 Å². The van der Waals surface area contributed by atoms with Crippen molar-refractivity contribution in [3.63, 3.8) is 0 Å². The normalized spacial score (nSPS) is 18.3. The maximum absolute atomic E-state index is 11.3. The van der Waals surface area contributed by atoms with E-state index in [2.05, 4.69) is 50.2 Å². The molecule has 0 bridgehead atoms. The lowest BCUT2D eigenvalue weighted by Crippen LogP contribution is -2.48. The summed E-state index contributed by atoms with van der Waals surface area (Å²) in [6, 6.07) is 20.3. The van der Waals surface area contributed by atoms with E-state index in [1.807, 2.05) is 24.3 Å². The Morgan fingerprint density at radius 2 is 1.76 bits per heavy atom. The topological polar surface area (TPSA) is 74.2 Å². The molecule has 0 aliphatic carbocycles. The van der Waals surface area contributed by atoms with Crippen molar-refractivity contribution in [2.45, 2.75) is 51.2 Å². The van der Waals surface area contributed by atoms with E-state index in [-0.39, 0.29) is 12.5 Å². The summed E-state index contributed by atoms with van der Waals surface area (Å²) >= 11 is 0. The number of ether oxygens (including phenoxy) is 4. The minimum atomic E-state index is -0.810. The Labute approximate surface area is 218 Å². The van der Waals surface area contributed by atoms with Crippen LogP contribution in [0.25, 0.3) is 11.1 Å². The molecule has 2 fully saturated rings. The van der Waals surface area contributed by atoms with Gasteiger partial charge in [0.1, 0.15) is 24.7 Å². The van der Waals surface area contributed by atoms with Gasteiger partial charge in [-0.15, -0.1) is 0 Å². The molecule has 0 radical (unpaired) electrons. The molecular weight excluding hydrogens is 468 g/mol. The quantitative estimate of drug-likeness (QED) is 0.375. The third kappa shape index (κ3) is 5.81. The summed E-state index contributed by atoms with van der Waals surface area (Å²) < 4.78 is 23.1. The van der Waals surface area contributed by atoms with Crippen molar-refractivity contribution in [3.05, 3.63) is 82.9 Å². The molecule has 6 heteroatoms. The molecule has 6 nitrogen and oxygen atoms in total. The first-order chi connectivity index (χ1) is 17.9. The van der Waals surface area contributed by atoms with E-state index in [1.165, 1.54) is 16.7 Å². The Balaban J connectivity index is 1.24. The lowest BCUT2D eigenvalue weighted by Gasteiger charge is -2.40. The second-order valence-corrected chi connectivity index (χ2v) is 10.2. The zero-order chi connectivity index (χ0) is 25.8. The second-order valence-electron chi connectivity index (χ2n) is 10.2. The van der Waals surface area contributed by atoms with Crippen molar-refractivity contribution in [1.82, 2.24) is 0 Å². The van der Waals surface area contributed by atoms with Crippen LogP contribution in [-0.4, -0.2) is 43.6 Å². The van der Waals surface area contributed by atoms with Gasteiger partial charge in [-0.3, -0.25) is 4.79 Å². The molecule has 37 heavy (non-hydrogen) atoms. The number of carbonyl (C=O) groups is 1. The number of carboxylic acid groups (broad SMARTS) is 1. The molecule has 2 heterocycles. The first-order valence-corrected chi connectivity index (χ1v) is 12.9. The fourth-order valence-electron chi connectivity index (χ4n) is 5.32. The van der Waals surface area contributed by atoms with Gasteiger partial charge in [-0.25, -0.2) is 0 Å². The van der Waals surface area contributed by atoms with E-state index in [4.69, 9.17) is 18.9 Å². The van der Waals surface area contributed by atoms with Gasteiger partial charge in [0.25, 0.3) is 0 Å². The number of carboxylic acids is 1. The fraction of sp³-hybridized carbons (Fsp3) is 0.387. The Morgan fingerprint density at radius 3 is 2.38 bits per heavy atom. The van der Waals surface area contributed by atoms with Crippen LogP contribution in [0.2, 0.25) is 0 Å². The van der Waals surface area contributed by atoms with E-state index in [0.717, 1.165) is 47.6 Å². The maximum atomic E-state index is 11.3. The summed E-state index contributed by atoms with van der Waals surface area (Å²) in [6.07, 6.45) is 2.45. The summed E-state index contributed by atoms with van der Waals surface area (Å²) in [7, 11) is 0. The molecule has 3 aromatic rings. The molecule has 1 unspecified atom stereocenters. The van der Waals surface area contributed by atoms with Crippen molar-refractivity contribution >= 4 is 5.97 Å². The summed E-state index contributed by atoms with van der Waals surface area (Å²) in [5.74, 6) is 0.825. The van der Waals surface area contributed by atoms with E-state index >= 15 is 0 Å². The van der Waals surface area contributed by atoms with Crippen LogP contribution in [0, 0.1) is 13.8 Å². The van der Waals surface area contributed by atoms with Crippen LogP contribution in [0.1, 0.15) is 41.5 Å². The molecule has 194 valence electrons.